The third-order valence-electron chi connectivity index (χ3n) is 3.62. The molecular weight excluding hydrogens is 332 g/mol. The van der Waals surface area contributed by atoms with E-state index in [1.807, 2.05) is 54.6 Å². The van der Waals surface area contributed by atoms with Gasteiger partial charge in [-0.05, 0) is 12.1 Å². The maximum absolute atomic E-state index is 11.8. The number of oxazole rings is 2. The summed E-state index contributed by atoms with van der Waals surface area (Å²) in [7, 11) is 0. The Morgan fingerprint density at radius 1 is 1.04 bits per heavy atom. The highest BCUT2D eigenvalue weighted by Gasteiger charge is 2.08. The number of carbonyl (C=O) groups is 1. The first kappa shape index (κ1) is 15.8. The van der Waals surface area contributed by atoms with Crippen LogP contribution in [0.2, 0.25) is 0 Å². The molecule has 6 nitrogen and oxygen atoms in total. The summed E-state index contributed by atoms with van der Waals surface area (Å²) >= 11 is 0. The number of benzene rings is 2. The molecule has 0 spiro atoms. The molecule has 2 aromatic heterocycles. The van der Waals surface area contributed by atoms with Gasteiger partial charge in [-0.1, -0.05) is 42.5 Å². The minimum absolute atomic E-state index is 0.0520. The van der Waals surface area contributed by atoms with Gasteiger partial charge in [0.05, 0.1) is 6.20 Å². The highest BCUT2D eigenvalue weighted by molar-refractivity contribution is 5.86. The van der Waals surface area contributed by atoms with E-state index < -0.39 is 5.97 Å². The lowest BCUT2D eigenvalue weighted by Crippen LogP contribution is -2.00. The summed E-state index contributed by atoms with van der Waals surface area (Å²) in [5.41, 5.74) is 2.30. The fraction of sp³-hybridized carbons (Fsp3) is 0.0500. The second-order valence-corrected chi connectivity index (χ2v) is 5.45. The van der Waals surface area contributed by atoms with E-state index in [0.717, 1.165) is 11.1 Å². The Kier molecular flexibility index (Phi) is 4.30. The van der Waals surface area contributed by atoms with Crippen LogP contribution < -0.4 is 0 Å². The lowest BCUT2D eigenvalue weighted by molar-refractivity contribution is -0.139. The zero-order chi connectivity index (χ0) is 17.8. The molecule has 6 heteroatoms. The Balaban J connectivity index is 1.36. The summed E-state index contributed by atoms with van der Waals surface area (Å²) < 4.78 is 16.2. The number of carbonyl (C=O) groups excluding carboxylic acids is 1. The van der Waals surface area contributed by atoms with E-state index in [1.165, 1.54) is 12.2 Å². The Morgan fingerprint density at radius 3 is 2.69 bits per heavy atom. The Bertz CT molecular complexity index is 1030. The van der Waals surface area contributed by atoms with E-state index in [-0.39, 0.29) is 6.61 Å². The van der Waals surface area contributed by atoms with Gasteiger partial charge in [0.25, 0.3) is 0 Å². The second-order valence-electron chi connectivity index (χ2n) is 5.45. The molecule has 4 rings (SSSR count). The van der Waals surface area contributed by atoms with Crippen LogP contribution in [0.15, 0.2) is 75.7 Å². The summed E-state index contributed by atoms with van der Waals surface area (Å²) in [6, 6.07) is 16.9. The number of nitrogens with zero attached hydrogens (tertiary/aromatic N) is 2. The lowest BCUT2D eigenvalue weighted by atomic mass is 10.2. The van der Waals surface area contributed by atoms with Gasteiger partial charge >= 0.3 is 5.97 Å². The fourth-order valence-corrected chi connectivity index (χ4v) is 2.39. The topological polar surface area (TPSA) is 78.4 Å². The molecule has 0 N–H and O–H groups in total. The molecule has 0 saturated heterocycles. The van der Waals surface area contributed by atoms with Crippen LogP contribution in [0.1, 0.15) is 11.8 Å². The van der Waals surface area contributed by atoms with Crippen molar-refractivity contribution in [3.05, 3.63) is 78.7 Å². The van der Waals surface area contributed by atoms with Gasteiger partial charge in [0.2, 0.25) is 11.8 Å². The zero-order valence-corrected chi connectivity index (χ0v) is 13.7. The number of para-hydroxylation sites is 2. The molecular formula is C20H14N2O4. The summed E-state index contributed by atoms with van der Waals surface area (Å²) in [6.07, 6.45) is 4.33. The Labute approximate surface area is 148 Å². The Morgan fingerprint density at radius 2 is 1.85 bits per heavy atom. The number of hydrogen-bond donors (Lipinski definition) is 0. The number of esters is 1. The first-order valence-electron chi connectivity index (χ1n) is 7.98. The minimum Gasteiger partial charge on any atom is -0.453 e. The van der Waals surface area contributed by atoms with E-state index in [4.69, 9.17) is 13.6 Å². The van der Waals surface area contributed by atoms with Crippen LogP contribution >= 0.6 is 0 Å². The number of rotatable bonds is 5. The van der Waals surface area contributed by atoms with Gasteiger partial charge in [-0.25, -0.2) is 14.8 Å². The van der Waals surface area contributed by atoms with Crippen molar-refractivity contribution in [2.24, 2.45) is 0 Å². The lowest BCUT2D eigenvalue weighted by Gasteiger charge is -1.97. The van der Waals surface area contributed by atoms with Crippen LogP contribution in [0.5, 0.6) is 0 Å². The van der Waals surface area contributed by atoms with E-state index in [9.17, 15) is 4.79 Å². The molecule has 0 aliphatic heterocycles. The van der Waals surface area contributed by atoms with Crippen LogP contribution in [0.3, 0.4) is 0 Å². The zero-order valence-electron chi connectivity index (χ0n) is 13.7. The van der Waals surface area contributed by atoms with Crippen LogP contribution in [0, 0.1) is 0 Å². The molecule has 0 aliphatic carbocycles. The number of hydrogen-bond acceptors (Lipinski definition) is 6. The maximum atomic E-state index is 11.8. The molecule has 0 saturated carbocycles. The van der Waals surface area contributed by atoms with Crippen molar-refractivity contribution < 1.29 is 18.4 Å². The van der Waals surface area contributed by atoms with Gasteiger partial charge in [0, 0.05) is 17.7 Å². The van der Waals surface area contributed by atoms with Crippen LogP contribution in [0.25, 0.3) is 28.5 Å². The van der Waals surface area contributed by atoms with Gasteiger partial charge < -0.3 is 13.6 Å². The molecule has 0 amide bonds. The maximum Gasteiger partial charge on any atom is 0.331 e. The van der Waals surface area contributed by atoms with Crippen LogP contribution in [-0.4, -0.2) is 15.9 Å². The molecule has 0 bridgehead atoms. The average Bonchev–Trinajstić information content (AvgIpc) is 3.32. The molecule has 0 fully saturated rings. The van der Waals surface area contributed by atoms with Crippen molar-refractivity contribution in [2.45, 2.75) is 6.61 Å². The predicted octanol–water partition coefficient (Wildman–Crippen LogP) is 4.24. The van der Waals surface area contributed by atoms with Gasteiger partial charge in [-0.15, -0.1) is 0 Å². The molecule has 0 radical (unpaired) electrons. The summed E-state index contributed by atoms with van der Waals surface area (Å²) in [5, 5.41) is 0. The molecule has 2 aromatic carbocycles. The van der Waals surface area contributed by atoms with E-state index in [0.29, 0.717) is 23.1 Å². The SMILES string of the molecule is O=C(/C=C/c1nc2ccccc2o1)OCc1ncc(-c2ccccc2)o1. The van der Waals surface area contributed by atoms with Crippen molar-refractivity contribution >= 4 is 23.1 Å². The van der Waals surface area contributed by atoms with Gasteiger partial charge in [0.1, 0.15) is 5.52 Å². The molecule has 26 heavy (non-hydrogen) atoms. The van der Waals surface area contributed by atoms with Gasteiger partial charge in [-0.3, -0.25) is 0 Å². The quantitative estimate of drug-likeness (QED) is 0.397. The number of fused-ring (bicyclic) bond motifs is 1. The van der Waals surface area contributed by atoms with Crippen LogP contribution in [0.4, 0.5) is 0 Å². The summed E-state index contributed by atoms with van der Waals surface area (Å²) in [5.74, 6) is 0.753. The van der Waals surface area contributed by atoms with E-state index >= 15 is 0 Å². The molecule has 4 aromatic rings. The fourth-order valence-electron chi connectivity index (χ4n) is 2.39. The van der Waals surface area contributed by atoms with Gasteiger partial charge in [0.15, 0.2) is 18.0 Å². The van der Waals surface area contributed by atoms with Crippen molar-refractivity contribution in [3.63, 3.8) is 0 Å². The largest absolute Gasteiger partial charge is 0.453 e. The van der Waals surface area contributed by atoms with Crippen molar-refractivity contribution in [3.8, 4) is 11.3 Å². The summed E-state index contributed by atoms with van der Waals surface area (Å²) in [6.45, 7) is -0.0520. The number of aromatic nitrogens is 2. The van der Waals surface area contributed by atoms with Crippen molar-refractivity contribution in [1.82, 2.24) is 9.97 Å². The smallest absolute Gasteiger partial charge is 0.331 e. The molecule has 0 aliphatic rings. The van der Waals surface area contributed by atoms with Crippen molar-refractivity contribution in [1.29, 1.82) is 0 Å². The monoisotopic (exact) mass is 346 g/mol. The molecule has 128 valence electrons. The van der Waals surface area contributed by atoms with Gasteiger partial charge in [-0.2, -0.15) is 0 Å². The predicted molar refractivity (Wildman–Crippen MR) is 94.8 cm³/mol. The molecule has 2 heterocycles. The molecule has 0 atom stereocenters. The standard InChI is InChI=1S/C20H14N2O4/c23-20(11-10-18-22-15-8-4-5-9-16(15)25-18)24-13-19-21-12-17(26-19)14-6-2-1-3-7-14/h1-12H,13H2/b11-10+. The summed E-state index contributed by atoms with van der Waals surface area (Å²) in [4.78, 5) is 20.2. The Hall–Kier alpha value is -3.67. The van der Waals surface area contributed by atoms with Crippen LogP contribution in [-0.2, 0) is 16.1 Å². The normalized spacial score (nSPS) is 11.2. The average molecular weight is 346 g/mol. The van der Waals surface area contributed by atoms with E-state index in [2.05, 4.69) is 9.97 Å². The van der Waals surface area contributed by atoms with E-state index in [1.54, 1.807) is 6.20 Å². The number of ether oxygens (including phenoxy) is 1. The third-order valence-corrected chi connectivity index (χ3v) is 3.62. The molecule has 0 unspecified atom stereocenters. The first-order chi connectivity index (χ1) is 12.8. The van der Waals surface area contributed by atoms with Crippen molar-refractivity contribution in [2.75, 3.05) is 0 Å². The minimum atomic E-state index is -0.535. The second kappa shape index (κ2) is 7.06. The highest BCUT2D eigenvalue weighted by atomic mass is 16.5. The third kappa shape index (κ3) is 3.54. The highest BCUT2D eigenvalue weighted by Crippen LogP contribution is 2.20. The first-order valence-corrected chi connectivity index (χ1v) is 7.98.